The molecule has 0 heterocycles. The predicted molar refractivity (Wildman–Crippen MR) is 69.1 cm³/mol. The monoisotopic (exact) mass is 235 g/mol. The zero-order chi connectivity index (χ0) is 12.8. The molecule has 3 heteroatoms. The van der Waals surface area contributed by atoms with Crippen LogP contribution in [0.4, 0.5) is 0 Å². The van der Waals surface area contributed by atoms with Gasteiger partial charge in [-0.3, -0.25) is 4.79 Å². The van der Waals surface area contributed by atoms with Crippen LogP contribution in [0.1, 0.15) is 25.8 Å². The standard InChI is InChI=1S/C14H21NO2/c1-10(2)14(15)13(16)9-6-11-4-7-12(17-3)8-5-11/h4-5,7-8,10,14H,6,9,15H2,1-3H3. The largest absolute Gasteiger partial charge is 0.497 e. The van der Waals surface area contributed by atoms with E-state index < -0.39 is 0 Å². The number of hydrogen-bond donors (Lipinski definition) is 1. The Kier molecular flexibility index (Phi) is 5.16. The molecule has 1 aromatic carbocycles. The summed E-state index contributed by atoms with van der Waals surface area (Å²) in [6.07, 6.45) is 1.24. The Morgan fingerprint density at radius 3 is 2.35 bits per heavy atom. The minimum atomic E-state index is -0.340. The maximum Gasteiger partial charge on any atom is 0.150 e. The molecule has 0 amide bonds. The Bertz CT molecular complexity index is 357. The molecule has 94 valence electrons. The second-order valence-corrected chi connectivity index (χ2v) is 4.58. The number of benzene rings is 1. The van der Waals surface area contributed by atoms with Crippen LogP contribution in [0.5, 0.6) is 5.75 Å². The Morgan fingerprint density at radius 2 is 1.88 bits per heavy atom. The molecule has 0 saturated heterocycles. The van der Waals surface area contributed by atoms with Crippen molar-refractivity contribution in [1.29, 1.82) is 0 Å². The molecule has 0 spiro atoms. The highest BCUT2D eigenvalue weighted by atomic mass is 16.5. The maximum atomic E-state index is 11.7. The van der Waals surface area contributed by atoms with Crippen LogP contribution < -0.4 is 10.5 Å². The van der Waals surface area contributed by atoms with Crippen LogP contribution in [0.25, 0.3) is 0 Å². The highest BCUT2D eigenvalue weighted by Crippen LogP contribution is 2.13. The number of carbonyl (C=O) groups excluding carboxylic acids is 1. The fourth-order valence-corrected chi connectivity index (χ4v) is 1.60. The fraction of sp³-hybridized carbons (Fsp3) is 0.500. The van der Waals surface area contributed by atoms with Crippen molar-refractivity contribution in [2.24, 2.45) is 11.7 Å². The van der Waals surface area contributed by atoms with Gasteiger partial charge in [0.2, 0.25) is 0 Å². The number of rotatable bonds is 6. The summed E-state index contributed by atoms with van der Waals surface area (Å²) in [4.78, 5) is 11.7. The van der Waals surface area contributed by atoms with Gasteiger partial charge in [0.15, 0.2) is 0 Å². The summed E-state index contributed by atoms with van der Waals surface area (Å²) in [7, 11) is 1.64. The summed E-state index contributed by atoms with van der Waals surface area (Å²) in [6.45, 7) is 3.94. The summed E-state index contributed by atoms with van der Waals surface area (Å²) < 4.78 is 5.08. The maximum absolute atomic E-state index is 11.7. The Morgan fingerprint density at radius 1 is 1.29 bits per heavy atom. The molecule has 1 aromatic rings. The van der Waals surface area contributed by atoms with Crippen molar-refractivity contribution in [3.63, 3.8) is 0 Å². The molecular weight excluding hydrogens is 214 g/mol. The number of hydrogen-bond acceptors (Lipinski definition) is 3. The SMILES string of the molecule is COc1ccc(CCC(=O)C(N)C(C)C)cc1. The minimum absolute atomic E-state index is 0.135. The third-order valence-electron chi connectivity index (χ3n) is 2.91. The second-order valence-electron chi connectivity index (χ2n) is 4.58. The number of Topliss-reactive ketones (excluding diaryl/α,β-unsaturated/α-hetero) is 1. The molecule has 1 rings (SSSR count). The van der Waals surface area contributed by atoms with Crippen LogP contribution in [0.15, 0.2) is 24.3 Å². The normalized spacial score (nSPS) is 12.5. The van der Waals surface area contributed by atoms with Gasteiger partial charge in [0.25, 0.3) is 0 Å². The summed E-state index contributed by atoms with van der Waals surface area (Å²) >= 11 is 0. The van der Waals surface area contributed by atoms with Crippen molar-refractivity contribution in [3.8, 4) is 5.75 Å². The summed E-state index contributed by atoms with van der Waals surface area (Å²) in [5.74, 6) is 1.17. The highest BCUT2D eigenvalue weighted by Gasteiger charge is 2.16. The van der Waals surface area contributed by atoms with Crippen LogP contribution in [0.2, 0.25) is 0 Å². The summed E-state index contributed by atoms with van der Waals surface area (Å²) in [5.41, 5.74) is 6.93. The van der Waals surface area contributed by atoms with Crippen molar-refractivity contribution in [3.05, 3.63) is 29.8 Å². The van der Waals surface area contributed by atoms with Crippen molar-refractivity contribution in [2.75, 3.05) is 7.11 Å². The first kappa shape index (κ1) is 13.7. The number of nitrogens with two attached hydrogens (primary N) is 1. The van der Waals surface area contributed by atoms with Crippen molar-refractivity contribution < 1.29 is 9.53 Å². The smallest absolute Gasteiger partial charge is 0.150 e. The molecule has 2 N–H and O–H groups in total. The van der Waals surface area contributed by atoms with E-state index in [-0.39, 0.29) is 17.7 Å². The summed E-state index contributed by atoms with van der Waals surface area (Å²) in [6, 6.07) is 7.43. The van der Waals surface area contributed by atoms with E-state index in [1.54, 1.807) is 7.11 Å². The van der Waals surface area contributed by atoms with E-state index in [0.29, 0.717) is 6.42 Å². The van der Waals surface area contributed by atoms with E-state index in [2.05, 4.69) is 0 Å². The van der Waals surface area contributed by atoms with Gasteiger partial charge in [-0.1, -0.05) is 26.0 Å². The molecule has 3 nitrogen and oxygen atoms in total. The molecule has 0 aromatic heterocycles. The van der Waals surface area contributed by atoms with Gasteiger partial charge in [-0.25, -0.2) is 0 Å². The van der Waals surface area contributed by atoms with E-state index in [9.17, 15) is 4.79 Å². The lowest BCUT2D eigenvalue weighted by Gasteiger charge is -2.13. The predicted octanol–water partition coefficient (Wildman–Crippen LogP) is 2.18. The van der Waals surface area contributed by atoms with Gasteiger partial charge in [-0.05, 0) is 30.0 Å². The first-order valence-corrected chi connectivity index (χ1v) is 5.96. The molecule has 0 aliphatic rings. The quantitative estimate of drug-likeness (QED) is 0.822. The molecule has 1 atom stereocenters. The average molecular weight is 235 g/mol. The van der Waals surface area contributed by atoms with Crippen LogP contribution in [0.3, 0.4) is 0 Å². The number of methoxy groups -OCH3 is 1. The highest BCUT2D eigenvalue weighted by molar-refractivity contribution is 5.84. The Labute approximate surface area is 103 Å². The average Bonchev–Trinajstić information content (AvgIpc) is 2.35. The zero-order valence-corrected chi connectivity index (χ0v) is 10.8. The lowest BCUT2D eigenvalue weighted by atomic mass is 9.96. The molecule has 0 aliphatic heterocycles. The van der Waals surface area contributed by atoms with Gasteiger partial charge in [-0.15, -0.1) is 0 Å². The lowest BCUT2D eigenvalue weighted by molar-refractivity contribution is -0.121. The van der Waals surface area contributed by atoms with E-state index in [0.717, 1.165) is 17.7 Å². The minimum Gasteiger partial charge on any atom is -0.497 e. The first-order chi connectivity index (χ1) is 8.04. The number of aryl methyl sites for hydroxylation is 1. The molecule has 0 saturated carbocycles. The van der Waals surface area contributed by atoms with E-state index in [4.69, 9.17) is 10.5 Å². The van der Waals surface area contributed by atoms with Crippen LogP contribution >= 0.6 is 0 Å². The van der Waals surface area contributed by atoms with Gasteiger partial charge >= 0.3 is 0 Å². The molecule has 1 unspecified atom stereocenters. The first-order valence-electron chi connectivity index (χ1n) is 5.96. The van der Waals surface area contributed by atoms with Crippen molar-refractivity contribution in [2.45, 2.75) is 32.7 Å². The Balaban J connectivity index is 2.47. The van der Waals surface area contributed by atoms with Gasteiger partial charge in [0, 0.05) is 6.42 Å². The van der Waals surface area contributed by atoms with Crippen LogP contribution in [0, 0.1) is 5.92 Å². The molecular formula is C14H21NO2. The van der Waals surface area contributed by atoms with Crippen molar-refractivity contribution in [1.82, 2.24) is 0 Å². The lowest BCUT2D eigenvalue weighted by Crippen LogP contribution is -2.35. The topological polar surface area (TPSA) is 52.3 Å². The molecule has 0 fully saturated rings. The fourth-order valence-electron chi connectivity index (χ4n) is 1.60. The molecule has 0 aliphatic carbocycles. The van der Waals surface area contributed by atoms with Gasteiger partial charge in [-0.2, -0.15) is 0 Å². The second kappa shape index (κ2) is 6.40. The van der Waals surface area contributed by atoms with Crippen LogP contribution in [-0.2, 0) is 11.2 Å². The molecule has 17 heavy (non-hydrogen) atoms. The van der Waals surface area contributed by atoms with E-state index >= 15 is 0 Å². The van der Waals surface area contributed by atoms with Crippen molar-refractivity contribution >= 4 is 5.78 Å². The van der Waals surface area contributed by atoms with E-state index in [1.165, 1.54) is 0 Å². The number of ether oxygens (including phenoxy) is 1. The number of ketones is 1. The van der Waals surface area contributed by atoms with E-state index in [1.807, 2.05) is 38.1 Å². The van der Waals surface area contributed by atoms with Gasteiger partial charge in [0.05, 0.1) is 13.2 Å². The zero-order valence-electron chi connectivity index (χ0n) is 10.8. The van der Waals surface area contributed by atoms with Gasteiger partial charge in [0.1, 0.15) is 11.5 Å². The number of carbonyl (C=O) groups is 1. The third-order valence-corrected chi connectivity index (χ3v) is 2.91. The van der Waals surface area contributed by atoms with Crippen LogP contribution in [-0.4, -0.2) is 18.9 Å². The third kappa shape index (κ3) is 4.19. The summed E-state index contributed by atoms with van der Waals surface area (Å²) in [5, 5.41) is 0. The Hall–Kier alpha value is -1.35. The van der Waals surface area contributed by atoms with Gasteiger partial charge < -0.3 is 10.5 Å². The molecule has 0 bridgehead atoms. The molecule has 0 radical (unpaired) electrons.